The minimum Gasteiger partial charge on any atom is -0.334 e. The highest BCUT2D eigenvalue weighted by Crippen LogP contribution is 2.33. The summed E-state index contributed by atoms with van der Waals surface area (Å²) in [5.74, 6) is 0.126. The smallest absolute Gasteiger partial charge is 0.239 e. The van der Waals surface area contributed by atoms with Gasteiger partial charge in [-0.15, -0.1) is 0 Å². The third-order valence-corrected chi connectivity index (χ3v) is 4.08. The Morgan fingerprint density at radius 2 is 2.53 bits per heavy atom. The highest BCUT2D eigenvalue weighted by molar-refractivity contribution is 7.07. The van der Waals surface area contributed by atoms with Gasteiger partial charge < -0.3 is 10.6 Å². The molecule has 1 aliphatic heterocycles. The normalized spacial score (nSPS) is 21.8. The van der Waals surface area contributed by atoms with Gasteiger partial charge in [0.05, 0.1) is 12.1 Å². The fraction of sp³-hybridized carbons (Fsp3) is 0.615. The van der Waals surface area contributed by atoms with Crippen molar-refractivity contribution in [1.82, 2.24) is 4.90 Å². The van der Waals surface area contributed by atoms with E-state index in [4.69, 9.17) is 5.73 Å². The number of nitrogens with two attached hydrogens (primary N) is 1. The van der Waals surface area contributed by atoms with Crippen molar-refractivity contribution in [3.05, 3.63) is 22.4 Å². The lowest BCUT2D eigenvalue weighted by molar-refractivity contribution is -0.133. The average Bonchev–Trinajstić information content (AvgIpc) is 2.98. The Kier molecular flexibility index (Phi) is 4.18. The third-order valence-electron chi connectivity index (χ3n) is 3.38. The Bertz CT molecular complexity index is 364. The molecule has 1 unspecified atom stereocenters. The zero-order chi connectivity index (χ0) is 12.3. The van der Waals surface area contributed by atoms with Gasteiger partial charge in [0.2, 0.25) is 5.91 Å². The van der Waals surface area contributed by atoms with E-state index < -0.39 is 0 Å². The van der Waals surface area contributed by atoms with Crippen LogP contribution in [-0.4, -0.2) is 23.4 Å². The third kappa shape index (κ3) is 2.69. The van der Waals surface area contributed by atoms with Crippen molar-refractivity contribution in [3.63, 3.8) is 0 Å². The number of thiophene rings is 1. The summed E-state index contributed by atoms with van der Waals surface area (Å²) in [6.45, 7) is 2.92. The summed E-state index contributed by atoms with van der Waals surface area (Å²) in [6.07, 6.45) is 3.90. The molecule has 1 aliphatic rings. The van der Waals surface area contributed by atoms with Gasteiger partial charge in [0.25, 0.3) is 0 Å². The van der Waals surface area contributed by atoms with Gasteiger partial charge in [0.15, 0.2) is 0 Å². The van der Waals surface area contributed by atoms with Gasteiger partial charge in [0, 0.05) is 6.54 Å². The van der Waals surface area contributed by atoms with Crippen LogP contribution < -0.4 is 5.73 Å². The fourth-order valence-corrected chi connectivity index (χ4v) is 3.20. The molecule has 0 spiro atoms. The van der Waals surface area contributed by atoms with Gasteiger partial charge in [0.1, 0.15) is 0 Å². The predicted molar refractivity (Wildman–Crippen MR) is 70.9 cm³/mol. The van der Waals surface area contributed by atoms with E-state index >= 15 is 0 Å². The first kappa shape index (κ1) is 12.6. The van der Waals surface area contributed by atoms with Crippen LogP contribution >= 0.6 is 11.3 Å². The Balaban J connectivity index is 2.07. The molecule has 2 atom stereocenters. The molecule has 1 fully saturated rings. The molecule has 2 heterocycles. The minimum absolute atomic E-state index is 0.126. The van der Waals surface area contributed by atoms with Crippen LogP contribution in [0.15, 0.2) is 16.8 Å². The molecule has 0 aliphatic carbocycles. The second kappa shape index (κ2) is 5.65. The zero-order valence-electron chi connectivity index (χ0n) is 10.3. The van der Waals surface area contributed by atoms with Crippen molar-refractivity contribution in [2.75, 3.05) is 6.54 Å². The van der Waals surface area contributed by atoms with E-state index in [2.05, 4.69) is 23.8 Å². The summed E-state index contributed by atoms with van der Waals surface area (Å²) < 4.78 is 0. The van der Waals surface area contributed by atoms with E-state index in [9.17, 15) is 4.79 Å². The molecule has 0 aromatic carbocycles. The van der Waals surface area contributed by atoms with E-state index in [1.165, 1.54) is 5.56 Å². The fourth-order valence-electron chi connectivity index (χ4n) is 2.49. The Morgan fingerprint density at radius 1 is 1.71 bits per heavy atom. The molecule has 0 bridgehead atoms. The molecule has 4 heteroatoms. The second-order valence-corrected chi connectivity index (χ2v) is 5.42. The lowest BCUT2D eigenvalue weighted by atomic mass is 10.1. The van der Waals surface area contributed by atoms with Crippen LogP contribution in [0.3, 0.4) is 0 Å². The maximum Gasteiger partial charge on any atom is 0.239 e. The number of hydrogen-bond acceptors (Lipinski definition) is 3. The van der Waals surface area contributed by atoms with Gasteiger partial charge >= 0.3 is 0 Å². The first-order valence-corrected chi connectivity index (χ1v) is 7.26. The minimum atomic E-state index is -0.320. The number of likely N-dealkylation sites (tertiary alicyclic amines) is 1. The largest absolute Gasteiger partial charge is 0.334 e. The van der Waals surface area contributed by atoms with Gasteiger partial charge in [-0.25, -0.2) is 0 Å². The molecule has 0 saturated carbocycles. The van der Waals surface area contributed by atoms with Crippen molar-refractivity contribution in [2.24, 2.45) is 5.73 Å². The summed E-state index contributed by atoms with van der Waals surface area (Å²) in [6, 6.07) is 2.06. The first-order valence-electron chi connectivity index (χ1n) is 6.32. The van der Waals surface area contributed by atoms with Gasteiger partial charge in [-0.1, -0.05) is 13.3 Å². The molecule has 1 aromatic heterocycles. The van der Waals surface area contributed by atoms with E-state index in [-0.39, 0.29) is 18.0 Å². The Labute approximate surface area is 107 Å². The van der Waals surface area contributed by atoms with Crippen LogP contribution in [0.1, 0.15) is 44.2 Å². The second-order valence-electron chi connectivity index (χ2n) is 4.64. The number of hydrogen-bond donors (Lipinski definition) is 1. The van der Waals surface area contributed by atoms with Crippen molar-refractivity contribution in [1.29, 1.82) is 0 Å². The lowest BCUT2D eigenvalue weighted by Gasteiger charge is -2.27. The molecule has 1 amide bonds. The number of carbonyl (C=O) groups is 1. The summed E-state index contributed by atoms with van der Waals surface area (Å²) in [7, 11) is 0. The molecule has 17 heavy (non-hydrogen) atoms. The molecule has 1 aromatic rings. The van der Waals surface area contributed by atoms with Gasteiger partial charge in [-0.05, 0) is 41.7 Å². The van der Waals surface area contributed by atoms with Crippen molar-refractivity contribution >= 4 is 17.2 Å². The summed E-state index contributed by atoms with van der Waals surface area (Å²) in [5.41, 5.74) is 7.20. The highest BCUT2D eigenvalue weighted by Gasteiger charge is 2.32. The van der Waals surface area contributed by atoms with Crippen molar-refractivity contribution in [3.8, 4) is 0 Å². The van der Waals surface area contributed by atoms with Crippen molar-refractivity contribution in [2.45, 2.75) is 44.7 Å². The Morgan fingerprint density at radius 3 is 3.18 bits per heavy atom. The molecular weight excluding hydrogens is 232 g/mol. The van der Waals surface area contributed by atoms with E-state index in [1.54, 1.807) is 11.3 Å². The van der Waals surface area contributed by atoms with Gasteiger partial charge in [-0.3, -0.25) is 4.79 Å². The summed E-state index contributed by atoms with van der Waals surface area (Å²) in [5, 5.41) is 4.21. The summed E-state index contributed by atoms with van der Waals surface area (Å²) in [4.78, 5) is 14.2. The van der Waals surface area contributed by atoms with Crippen LogP contribution in [0.5, 0.6) is 0 Å². The number of carbonyl (C=O) groups excluding carboxylic acids is 1. The first-order chi connectivity index (χ1) is 8.24. The molecular formula is C13H20N2OS. The SMILES string of the molecule is CCC[C@@H](N)C(=O)N1CCCC1c1ccsc1. The highest BCUT2D eigenvalue weighted by atomic mass is 32.1. The van der Waals surface area contributed by atoms with Crippen LogP contribution in [0.4, 0.5) is 0 Å². The van der Waals surface area contributed by atoms with Crippen molar-refractivity contribution < 1.29 is 4.79 Å². The quantitative estimate of drug-likeness (QED) is 0.895. The average molecular weight is 252 g/mol. The summed E-state index contributed by atoms with van der Waals surface area (Å²) >= 11 is 1.69. The topological polar surface area (TPSA) is 46.3 Å². The van der Waals surface area contributed by atoms with Crippen LogP contribution in [0, 0.1) is 0 Å². The molecule has 2 N–H and O–H groups in total. The van der Waals surface area contributed by atoms with Gasteiger partial charge in [-0.2, -0.15) is 11.3 Å². The lowest BCUT2D eigenvalue weighted by Crippen LogP contribution is -2.43. The maximum atomic E-state index is 12.2. The van der Waals surface area contributed by atoms with E-state index in [0.717, 1.165) is 32.2 Å². The van der Waals surface area contributed by atoms with Crippen LogP contribution in [-0.2, 0) is 4.79 Å². The number of amides is 1. The van der Waals surface area contributed by atoms with E-state index in [1.807, 2.05) is 4.90 Å². The Hall–Kier alpha value is -0.870. The zero-order valence-corrected chi connectivity index (χ0v) is 11.1. The maximum absolute atomic E-state index is 12.2. The monoisotopic (exact) mass is 252 g/mol. The number of nitrogens with zero attached hydrogens (tertiary/aromatic N) is 1. The van der Waals surface area contributed by atoms with Crippen LogP contribution in [0.25, 0.3) is 0 Å². The molecule has 3 nitrogen and oxygen atoms in total. The predicted octanol–water partition coefficient (Wildman–Crippen LogP) is 2.54. The molecule has 94 valence electrons. The molecule has 0 radical (unpaired) electrons. The number of rotatable bonds is 4. The standard InChI is InChI=1S/C13H20N2OS/c1-2-4-11(14)13(16)15-7-3-5-12(15)10-6-8-17-9-10/h6,8-9,11-12H,2-5,7,14H2,1H3/t11-,12?/m1/s1. The molecule has 1 saturated heterocycles. The van der Waals surface area contributed by atoms with E-state index in [0.29, 0.717) is 0 Å². The molecule has 2 rings (SSSR count). The van der Waals surface area contributed by atoms with Crippen LogP contribution in [0.2, 0.25) is 0 Å².